The van der Waals surface area contributed by atoms with Gasteiger partial charge in [-0.3, -0.25) is 4.79 Å². The van der Waals surface area contributed by atoms with Crippen molar-refractivity contribution < 1.29 is 4.79 Å². The minimum Gasteiger partial charge on any atom is -0.398 e. The number of nitrogens with two attached hydrogens (primary N) is 1. The Balaban J connectivity index is 1.89. The van der Waals surface area contributed by atoms with E-state index >= 15 is 0 Å². The number of para-hydroxylation sites is 2. The van der Waals surface area contributed by atoms with Crippen LogP contribution in [0, 0.1) is 0 Å². The average Bonchev–Trinajstić information content (AvgIpc) is 2.42. The minimum atomic E-state index is -0.159. The van der Waals surface area contributed by atoms with Crippen molar-refractivity contribution in [2.75, 3.05) is 11.1 Å². The highest BCUT2D eigenvalue weighted by molar-refractivity contribution is 8.02. The molecule has 2 aromatic rings. The smallest absolute Gasteiger partial charge is 0.248 e. The molecule has 4 heteroatoms. The Labute approximate surface area is 116 Å². The standard InChI is InChI=1S/C15H14N2OS/c16-13-8-4-5-9-14(13)19-11-10-15(18)17-12-6-2-1-3-7-12/h1-11H,16H2,(H,17,18)/b11-10-. The lowest BCUT2D eigenvalue weighted by Gasteiger charge is -2.01. The van der Waals surface area contributed by atoms with E-state index in [1.165, 1.54) is 17.8 Å². The lowest BCUT2D eigenvalue weighted by Crippen LogP contribution is -2.07. The molecule has 0 heterocycles. The van der Waals surface area contributed by atoms with Gasteiger partial charge in [0.2, 0.25) is 5.91 Å². The molecule has 19 heavy (non-hydrogen) atoms. The predicted molar refractivity (Wildman–Crippen MR) is 80.9 cm³/mol. The van der Waals surface area contributed by atoms with E-state index in [0.717, 1.165) is 10.6 Å². The molecule has 0 saturated carbocycles. The summed E-state index contributed by atoms with van der Waals surface area (Å²) in [6, 6.07) is 16.9. The summed E-state index contributed by atoms with van der Waals surface area (Å²) in [5.41, 5.74) is 7.29. The Kier molecular flexibility index (Phi) is 4.64. The Morgan fingerprint density at radius 2 is 1.74 bits per heavy atom. The minimum absolute atomic E-state index is 0.159. The van der Waals surface area contributed by atoms with Crippen molar-refractivity contribution in [2.24, 2.45) is 0 Å². The Bertz CT molecular complexity index is 582. The van der Waals surface area contributed by atoms with Gasteiger partial charge in [0.05, 0.1) is 0 Å². The van der Waals surface area contributed by atoms with Crippen LogP contribution in [0.25, 0.3) is 0 Å². The summed E-state index contributed by atoms with van der Waals surface area (Å²) in [6.07, 6.45) is 1.49. The van der Waals surface area contributed by atoms with Crippen molar-refractivity contribution in [3.05, 3.63) is 66.1 Å². The number of carbonyl (C=O) groups excluding carboxylic acids is 1. The zero-order valence-electron chi connectivity index (χ0n) is 10.2. The van der Waals surface area contributed by atoms with E-state index in [2.05, 4.69) is 5.32 Å². The van der Waals surface area contributed by atoms with Crippen LogP contribution < -0.4 is 11.1 Å². The average molecular weight is 270 g/mol. The molecule has 3 nitrogen and oxygen atoms in total. The second-order valence-electron chi connectivity index (χ2n) is 3.81. The van der Waals surface area contributed by atoms with Gasteiger partial charge in [0.15, 0.2) is 0 Å². The summed E-state index contributed by atoms with van der Waals surface area (Å²) in [7, 11) is 0. The summed E-state index contributed by atoms with van der Waals surface area (Å²) < 4.78 is 0. The van der Waals surface area contributed by atoms with E-state index in [9.17, 15) is 4.79 Å². The van der Waals surface area contributed by atoms with Crippen molar-refractivity contribution in [1.29, 1.82) is 0 Å². The maximum Gasteiger partial charge on any atom is 0.248 e. The van der Waals surface area contributed by atoms with Gasteiger partial charge in [0.1, 0.15) is 0 Å². The number of carbonyl (C=O) groups is 1. The van der Waals surface area contributed by atoms with Crippen LogP contribution in [0.2, 0.25) is 0 Å². The summed E-state index contributed by atoms with van der Waals surface area (Å²) >= 11 is 1.42. The first-order valence-corrected chi connectivity index (χ1v) is 6.67. The number of benzene rings is 2. The molecule has 0 aliphatic rings. The van der Waals surface area contributed by atoms with E-state index < -0.39 is 0 Å². The SMILES string of the molecule is Nc1ccccc1S/C=C\C(=O)Nc1ccccc1. The Morgan fingerprint density at radius 1 is 1.05 bits per heavy atom. The molecule has 3 N–H and O–H groups in total. The highest BCUT2D eigenvalue weighted by atomic mass is 32.2. The molecule has 1 amide bonds. The van der Waals surface area contributed by atoms with Gasteiger partial charge < -0.3 is 11.1 Å². The van der Waals surface area contributed by atoms with Gasteiger partial charge in [-0.05, 0) is 29.7 Å². The highest BCUT2D eigenvalue weighted by Crippen LogP contribution is 2.25. The van der Waals surface area contributed by atoms with Crippen LogP contribution in [0.5, 0.6) is 0 Å². The zero-order chi connectivity index (χ0) is 13.5. The van der Waals surface area contributed by atoms with Crippen LogP contribution >= 0.6 is 11.8 Å². The monoisotopic (exact) mass is 270 g/mol. The third-order valence-corrected chi connectivity index (χ3v) is 3.27. The zero-order valence-corrected chi connectivity index (χ0v) is 11.1. The molecular weight excluding hydrogens is 256 g/mol. The van der Waals surface area contributed by atoms with E-state index in [0.29, 0.717) is 5.69 Å². The van der Waals surface area contributed by atoms with Crippen LogP contribution in [-0.4, -0.2) is 5.91 Å². The van der Waals surface area contributed by atoms with Gasteiger partial charge >= 0.3 is 0 Å². The number of hydrogen-bond donors (Lipinski definition) is 2. The second-order valence-corrected chi connectivity index (χ2v) is 4.76. The quantitative estimate of drug-likeness (QED) is 0.508. The van der Waals surface area contributed by atoms with Crippen LogP contribution in [0.4, 0.5) is 11.4 Å². The lowest BCUT2D eigenvalue weighted by atomic mass is 10.3. The van der Waals surface area contributed by atoms with Gasteiger partial charge in [-0.25, -0.2) is 0 Å². The molecule has 96 valence electrons. The van der Waals surface area contributed by atoms with Gasteiger partial charge in [-0.2, -0.15) is 0 Å². The molecule has 0 unspecified atom stereocenters. The maximum atomic E-state index is 11.6. The first-order chi connectivity index (χ1) is 9.25. The van der Waals surface area contributed by atoms with E-state index in [-0.39, 0.29) is 5.91 Å². The lowest BCUT2D eigenvalue weighted by molar-refractivity contribution is -0.111. The topological polar surface area (TPSA) is 55.1 Å². The number of amides is 1. The molecule has 0 saturated heterocycles. The first-order valence-electron chi connectivity index (χ1n) is 5.79. The fourth-order valence-corrected chi connectivity index (χ4v) is 2.16. The number of nitrogen functional groups attached to an aromatic ring is 1. The molecule has 0 spiro atoms. The number of nitrogens with one attached hydrogen (secondary N) is 1. The maximum absolute atomic E-state index is 11.6. The van der Waals surface area contributed by atoms with Crippen LogP contribution in [0.15, 0.2) is 71.0 Å². The van der Waals surface area contributed by atoms with Crippen molar-refractivity contribution >= 4 is 29.0 Å². The number of anilines is 2. The second kappa shape index (κ2) is 6.66. The van der Waals surface area contributed by atoms with Crippen LogP contribution in [-0.2, 0) is 4.79 Å². The fraction of sp³-hybridized carbons (Fsp3) is 0. The summed E-state index contributed by atoms with van der Waals surface area (Å²) in [4.78, 5) is 12.6. The molecule has 0 aromatic heterocycles. The van der Waals surface area contributed by atoms with Gasteiger partial charge in [0, 0.05) is 22.3 Å². The molecule has 0 bridgehead atoms. The molecule has 0 aliphatic carbocycles. The van der Waals surface area contributed by atoms with E-state index in [1.54, 1.807) is 5.41 Å². The van der Waals surface area contributed by atoms with Crippen LogP contribution in [0.3, 0.4) is 0 Å². The number of rotatable bonds is 4. The third-order valence-electron chi connectivity index (χ3n) is 2.37. The van der Waals surface area contributed by atoms with Crippen molar-refractivity contribution in [1.82, 2.24) is 0 Å². The van der Waals surface area contributed by atoms with Gasteiger partial charge in [-0.15, -0.1) is 0 Å². The molecular formula is C15H14N2OS. The Hall–Kier alpha value is -2.20. The van der Waals surface area contributed by atoms with Gasteiger partial charge in [-0.1, -0.05) is 42.1 Å². The first kappa shape index (κ1) is 13.2. The summed E-state index contributed by atoms with van der Waals surface area (Å²) in [6.45, 7) is 0. The summed E-state index contributed by atoms with van der Waals surface area (Å²) in [5, 5.41) is 4.50. The molecule has 0 aliphatic heterocycles. The van der Waals surface area contributed by atoms with Crippen molar-refractivity contribution in [3.63, 3.8) is 0 Å². The highest BCUT2D eigenvalue weighted by Gasteiger charge is 1.98. The van der Waals surface area contributed by atoms with Crippen molar-refractivity contribution in [3.8, 4) is 0 Å². The van der Waals surface area contributed by atoms with E-state index in [1.807, 2.05) is 54.6 Å². The van der Waals surface area contributed by atoms with Crippen LogP contribution in [0.1, 0.15) is 0 Å². The fourth-order valence-electron chi connectivity index (χ4n) is 1.46. The molecule has 0 atom stereocenters. The molecule has 2 rings (SSSR count). The largest absolute Gasteiger partial charge is 0.398 e. The molecule has 0 fully saturated rings. The normalized spacial score (nSPS) is 10.5. The van der Waals surface area contributed by atoms with Crippen molar-refractivity contribution in [2.45, 2.75) is 4.90 Å². The molecule has 0 radical (unpaired) electrons. The summed E-state index contributed by atoms with van der Waals surface area (Å²) in [5.74, 6) is -0.159. The Morgan fingerprint density at radius 3 is 2.47 bits per heavy atom. The molecule has 2 aromatic carbocycles. The third kappa shape index (κ3) is 4.19. The number of hydrogen-bond acceptors (Lipinski definition) is 3. The number of thioether (sulfide) groups is 1. The van der Waals surface area contributed by atoms with Gasteiger partial charge in [0.25, 0.3) is 0 Å². The predicted octanol–water partition coefficient (Wildman–Crippen LogP) is 3.51. The van der Waals surface area contributed by atoms with E-state index in [4.69, 9.17) is 5.73 Å².